The fraction of sp³-hybridized carbons (Fsp3) is 0.111. The van der Waals surface area contributed by atoms with Crippen LogP contribution in [0.25, 0.3) is 65.6 Å². The van der Waals surface area contributed by atoms with Gasteiger partial charge in [-0.25, -0.2) is 29.9 Å². The summed E-state index contributed by atoms with van der Waals surface area (Å²) in [6, 6.07) is 29.3. The molecule has 4 aromatic heterocycles. The van der Waals surface area contributed by atoms with Crippen molar-refractivity contribution in [3.05, 3.63) is 144 Å². The van der Waals surface area contributed by atoms with Gasteiger partial charge >= 0.3 is 6.18 Å². The molecule has 0 fully saturated rings. The maximum absolute atomic E-state index is 13.1. The van der Waals surface area contributed by atoms with Crippen LogP contribution in [0.5, 0.6) is 0 Å². The summed E-state index contributed by atoms with van der Waals surface area (Å²) in [6.07, 6.45) is 2.61. The summed E-state index contributed by atoms with van der Waals surface area (Å²) in [7, 11) is 3.58. The molecule has 0 bridgehead atoms. The Labute approximate surface area is 336 Å². The molecule has 0 aliphatic rings. The average Bonchev–Trinajstić information content (AvgIpc) is 3.23. The minimum atomic E-state index is -4.41. The Morgan fingerprint density at radius 2 is 1.12 bits per heavy atom. The number of anilines is 4. The van der Waals surface area contributed by atoms with Crippen LogP contribution in [0.1, 0.15) is 16.7 Å². The lowest BCUT2D eigenvalue weighted by Gasteiger charge is -2.15. The van der Waals surface area contributed by atoms with Crippen LogP contribution in [-0.4, -0.2) is 44.0 Å². The van der Waals surface area contributed by atoms with Crippen molar-refractivity contribution in [1.82, 2.24) is 29.9 Å². The Hall–Kier alpha value is -6.92. The number of alkyl halides is 3. The maximum atomic E-state index is 13.1. The summed E-state index contributed by atoms with van der Waals surface area (Å²) in [5, 5.41) is 15.2. The molecule has 0 atom stereocenters. The minimum absolute atomic E-state index is 0.320. The van der Waals surface area contributed by atoms with Crippen LogP contribution in [0.3, 0.4) is 0 Å². The first kappa shape index (κ1) is 38.0. The van der Waals surface area contributed by atoms with E-state index < -0.39 is 11.7 Å². The van der Waals surface area contributed by atoms with E-state index in [1.54, 1.807) is 31.7 Å². The number of aryl methyl sites for hydroxylation is 2. The van der Waals surface area contributed by atoms with Crippen LogP contribution in [0.2, 0.25) is 5.15 Å². The maximum Gasteiger partial charge on any atom is 0.416 e. The lowest BCUT2D eigenvalue weighted by atomic mass is 9.93. The van der Waals surface area contributed by atoms with E-state index in [-0.39, 0.29) is 0 Å². The molecule has 4 heterocycles. The van der Waals surface area contributed by atoms with E-state index in [4.69, 9.17) is 11.6 Å². The number of aromatic nitrogens is 6. The zero-order valence-corrected chi connectivity index (χ0v) is 32.5. The van der Waals surface area contributed by atoms with Crippen molar-refractivity contribution in [3.63, 3.8) is 0 Å². The molecule has 5 aromatic carbocycles. The van der Waals surface area contributed by atoms with E-state index in [1.165, 1.54) is 11.6 Å². The number of hydrogen-bond acceptors (Lipinski definition) is 9. The van der Waals surface area contributed by atoms with Crippen LogP contribution in [0.4, 0.5) is 36.6 Å². The second kappa shape index (κ2) is 15.5. The number of fused-ring (bicyclic) bond motifs is 4. The molecule has 0 amide bonds. The van der Waals surface area contributed by atoms with Gasteiger partial charge in [0.1, 0.15) is 11.0 Å². The highest BCUT2D eigenvalue weighted by Gasteiger charge is 2.30. The van der Waals surface area contributed by atoms with Gasteiger partial charge < -0.3 is 16.0 Å². The summed E-state index contributed by atoms with van der Waals surface area (Å²) in [4.78, 5) is 26.2. The van der Waals surface area contributed by atoms with Gasteiger partial charge in [0.2, 0.25) is 11.9 Å². The fourth-order valence-corrected chi connectivity index (χ4v) is 7.31. The Kier molecular flexibility index (Phi) is 10.2. The molecule has 9 rings (SSSR count). The lowest BCUT2D eigenvalue weighted by molar-refractivity contribution is -0.137. The van der Waals surface area contributed by atoms with Gasteiger partial charge in [-0.05, 0) is 113 Å². The second-order valence-electron chi connectivity index (χ2n) is 13.6. The molecule has 0 radical (unpaired) electrons. The highest BCUT2D eigenvalue weighted by molar-refractivity contribution is 6.34. The molecule has 0 unspecified atom stereocenters. The van der Waals surface area contributed by atoms with Crippen molar-refractivity contribution in [2.75, 3.05) is 30.0 Å². The first-order valence-electron chi connectivity index (χ1n) is 18.3. The number of rotatable bonds is 6. The van der Waals surface area contributed by atoms with Gasteiger partial charge in [0.15, 0.2) is 0 Å². The molecule has 9 aromatic rings. The molecular weight excluding hydrogens is 759 g/mol. The van der Waals surface area contributed by atoms with Crippen LogP contribution < -0.4 is 16.0 Å². The van der Waals surface area contributed by atoms with Gasteiger partial charge in [-0.3, -0.25) is 0 Å². The lowest BCUT2D eigenvalue weighted by Crippen LogP contribution is -2.05. The second-order valence-corrected chi connectivity index (χ2v) is 14.0. The third-order valence-corrected chi connectivity index (χ3v) is 10.2. The van der Waals surface area contributed by atoms with Crippen molar-refractivity contribution in [1.29, 1.82) is 0 Å². The molecule has 58 heavy (non-hydrogen) atoms. The quantitative estimate of drug-likeness (QED) is 0.142. The van der Waals surface area contributed by atoms with Crippen molar-refractivity contribution in [2.24, 2.45) is 0 Å². The summed E-state index contributed by atoms with van der Waals surface area (Å²) >= 11 is 6.26. The normalized spacial score (nSPS) is 11.4. The number of benzene rings is 5. The van der Waals surface area contributed by atoms with Gasteiger partial charge in [-0.2, -0.15) is 13.2 Å². The van der Waals surface area contributed by atoms with Crippen molar-refractivity contribution in [3.8, 4) is 22.3 Å². The molecule has 3 N–H and O–H groups in total. The van der Waals surface area contributed by atoms with E-state index in [0.29, 0.717) is 28.6 Å². The molecular formula is C45H35ClF3N9. The third kappa shape index (κ3) is 7.49. The standard InChI is InChI=1S/C26H20F3N5.C19H15ClN4/c1-15-6-8-21-20(23(15)16-7-9-22-17(12-16)14-32-25(30-2)34-22)10-11-31-24(21)33-19-5-3-4-18(13-19)26(27,28)29;1-11-3-5-15-14(7-8-22-18(15)20)17(11)12-4-6-16-13(9-12)10-23-19(21-2)24-16/h3-14H,1-2H3,(H,31,33)(H,30,32,34);3-10H,1-2H3,(H,21,23,24). The Morgan fingerprint density at radius 3 is 1.69 bits per heavy atom. The molecule has 13 heteroatoms. The van der Waals surface area contributed by atoms with Crippen molar-refractivity contribution in [2.45, 2.75) is 20.0 Å². The largest absolute Gasteiger partial charge is 0.416 e. The first-order chi connectivity index (χ1) is 28.0. The summed E-state index contributed by atoms with van der Waals surface area (Å²) < 4.78 is 39.4. The van der Waals surface area contributed by atoms with E-state index >= 15 is 0 Å². The number of nitrogens with zero attached hydrogens (tertiary/aromatic N) is 6. The number of nitrogens with one attached hydrogen (secondary N) is 3. The molecule has 288 valence electrons. The van der Waals surface area contributed by atoms with Crippen LogP contribution >= 0.6 is 11.6 Å². The van der Waals surface area contributed by atoms with Gasteiger partial charge in [0, 0.05) is 66.1 Å². The number of halogens is 4. The van der Waals surface area contributed by atoms with Gasteiger partial charge in [-0.15, -0.1) is 0 Å². The SMILES string of the molecule is CNc1ncc2cc(-c3c(C)ccc4c(Cl)nccc34)ccc2n1.CNc1ncc2cc(-c3c(C)ccc4c(Nc5cccc(C(F)(F)F)c5)nccc34)ccc2n1. The Morgan fingerprint density at radius 1 is 0.569 bits per heavy atom. The summed E-state index contributed by atoms with van der Waals surface area (Å²) in [5.41, 5.74) is 7.90. The highest BCUT2D eigenvalue weighted by atomic mass is 35.5. The topological polar surface area (TPSA) is 113 Å². The minimum Gasteiger partial charge on any atom is -0.357 e. The third-order valence-electron chi connectivity index (χ3n) is 9.90. The molecule has 0 saturated carbocycles. The number of hydrogen-bond donors (Lipinski definition) is 3. The van der Waals surface area contributed by atoms with Crippen molar-refractivity contribution >= 4 is 78.4 Å². The monoisotopic (exact) mass is 793 g/mol. The highest BCUT2D eigenvalue weighted by Crippen LogP contribution is 2.38. The molecule has 0 aliphatic carbocycles. The molecule has 9 nitrogen and oxygen atoms in total. The number of pyridine rings is 2. The summed E-state index contributed by atoms with van der Waals surface area (Å²) in [6.45, 7) is 4.13. The zero-order valence-electron chi connectivity index (χ0n) is 31.7. The molecule has 0 spiro atoms. The van der Waals surface area contributed by atoms with Gasteiger partial charge in [0.25, 0.3) is 0 Å². The predicted octanol–water partition coefficient (Wildman–Crippen LogP) is 11.8. The van der Waals surface area contributed by atoms with E-state index in [9.17, 15) is 13.2 Å². The van der Waals surface area contributed by atoms with Gasteiger partial charge in [-0.1, -0.05) is 54.1 Å². The van der Waals surface area contributed by atoms with Crippen LogP contribution in [-0.2, 0) is 6.18 Å². The predicted molar refractivity (Wildman–Crippen MR) is 229 cm³/mol. The smallest absolute Gasteiger partial charge is 0.357 e. The zero-order chi connectivity index (χ0) is 40.6. The Bertz CT molecular complexity index is 3010. The first-order valence-corrected chi connectivity index (χ1v) is 18.6. The summed E-state index contributed by atoms with van der Waals surface area (Å²) in [5.74, 6) is 1.66. The van der Waals surface area contributed by atoms with E-state index in [1.807, 2.05) is 74.8 Å². The Balaban J connectivity index is 0.000000172. The van der Waals surface area contributed by atoms with Crippen LogP contribution in [0, 0.1) is 13.8 Å². The molecule has 0 saturated heterocycles. The van der Waals surface area contributed by atoms with Gasteiger partial charge in [0.05, 0.1) is 16.6 Å². The van der Waals surface area contributed by atoms with E-state index in [0.717, 1.165) is 83.3 Å². The van der Waals surface area contributed by atoms with Crippen molar-refractivity contribution < 1.29 is 13.2 Å². The fourth-order valence-electron chi connectivity index (χ4n) is 7.09. The average molecular weight is 794 g/mol. The van der Waals surface area contributed by atoms with Crippen LogP contribution in [0.15, 0.2) is 122 Å². The molecule has 0 aliphatic heterocycles. The van der Waals surface area contributed by atoms with E-state index in [2.05, 4.69) is 71.0 Å².